The van der Waals surface area contributed by atoms with Gasteiger partial charge in [0.1, 0.15) is 5.82 Å². The van der Waals surface area contributed by atoms with Crippen molar-refractivity contribution < 1.29 is 0 Å². The van der Waals surface area contributed by atoms with Crippen molar-refractivity contribution >= 4 is 16.7 Å². The molecule has 3 aromatic rings. The summed E-state index contributed by atoms with van der Waals surface area (Å²) >= 11 is 0. The number of nitrogens with zero attached hydrogens (tertiary/aromatic N) is 2. The molecule has 0 bridgehead atoms. The number of aryl methyl sites for hydroxylation is 1. The summed E-state index contributed by atoms with van der Waals surface area (Å²) < 4.78 is 0. The van der Waals surface area contributed by atoms with Crippen LogP contribution in [0.1, 0.15) is 11.1 Å². The number of aromatic nitrogens is 2. The van der Waals surface area contributed by atoms with Gasteiger partial charge in [-0.1, -0.05) is 30.3 Å². The Hall–Kier alpha value is -2.42. The summed E-state index contributed by atoms with van der Waals surface area (Å²) in [6.07, 6.45) is 4.60. The van der Waals surface area contributed by atoms with Gasteiger partial charge in [0, 0.05) is 24.3 Å². The zero-order chi connectivity index (χ0) is 13.8. The molecule has 0 fully saturated rings. The lowest BCUT2D eigenvalue weighted by atomic mass is 10.1. The molecule has 3 nitrogen and oxygen atoms in total. The van der Waals surface area contributed by atoms with E-state index in [1.807, 2.05) is 24.5 Å². The van der Waals surface area contributed by atoms with E-state index < -0.39 is 0 Å². The molecule has 0 saturated heterocycles. The van der Waals surface area contributed by atoms with Crippen LogP contribution in [-0.2, 0) is 6.42 Å². The second-order valence-electron chi connectivity index (χ2n) is 4.84. The van der Waals surface area contributed by atoms with Crippen LogP contribution in [0.5, 0.6) is 0 Å². The maximum atomic E-state index is 4.48. The predicted octanol–water partition coefficient (Wildman–Crippen LogP) is 3.59. The molecule has 0 aliphatic rings. The van der Waals surface area contributed by atoms with Gasteiger partial charge in [0.25, 0.3) is 0 Å². The number of para-hydroxylation sites is 1. The molecule has 0 unspecified atom stereocenters. The van der Waals surface area contributed by atoms with E-state index in [4.69, 9.17) is 0 Å². The van der Waals surface area contributed by atoms with Crippen LogP contribution in [0, 0.1) is 6.92 Å². The zero-order valence-electron chi connectivity index (χ0n) is 11.5. The molecule has 1 aromatic carbocycles. The topological polar surface area (TPSA) is 37.8 Å². The van der Waals surface area contributed by atoms with Crippen molar-refractivity contribution in [2.24, 2.45) is 0 Å². The summed E-state index contributed by atoms with van der Waals surface area (Å²) in [6.45, 7) is 2.92. The fourth-order valence-corrected chi connectivity index (χ4v) is 2.36. The van der Waals surface area contributed by atoms with Crippen molar-refractivity contribution in [1.29, 1.82) is 0 Å². The quantitative estimate of drug-likeness (QED) is 0.781. The highest BCUT2D eigenvalue weighted by Crippen LogP contribution is 2.16. The number of hydrogen-bond donors (Lipinski definition) is 1. The summed E-state index contributed by atoms with van der Waals surface area (Å²) in [5, 5.41) is 4.58. The molecule has 0 aliphatic heterocycles. The Morgan fingerprint density at radius 2 is 1.75 bits per heavy atom. The summed E-state index contributed by atoms with van der Waals surface area (Å²) in [4.78, 5) is 8.83. The lowest BCUT2D eigenvalue weighted by Crippen LogP contribution is -2.07. The maximum Gasteiger partial charge on any atom is 0.128 e. The van der Waals surface area contributed by atoms with Gasteiger partial charge in [0.15, 0.2) is 0 Å². The molecule has 3 rings (SSSR count). The molecule has 20 heavy (non-hydrogen) atoms. The largest absolute Gasteiger partial charge is 0.370 e. The number of benzene rings is 1. The van der Waals surface area contributed by atoms with E-state index in [-0.39, 0.29) is 0 Å². The number of pyridine rings is 2. The molecule has 3 heteroatoms. The minimum atomic E-state index is 0.855. The van der Waals surface area contributed by atoms with Gasteiger partial charge in [-0.3, -0.25) is 4.98 Å². The Labute approximate surface area is 118 Å². The van der Waals surface area contributed by atoms with Gasteiger partial charge in [0.05, 0.1) is 5.52 Å². The van der Waals surface area contributed by atoms with Gasteiger partial charge in [-0.2, -0.15) is 0 Å². The first kappa shape index (κ1) is 12.6. The second-order valence-corrected chi connectivity index (χ2v) is 4.84. The molecular formula is C17H17N3. The third-order valence-corrected chi connectivity index (χ3v) is 3.41. The minimum Gasteiger partial charge on any atom is -0.370 e. The fourth-order valence-electron chi connectivity index (χ4n) is 2.36. The average molecular weight is 263 g/mol. The minimum absolute atomic E-state index is 0.855. The van der Waals surface area contributed by atoms with Crippen molar-refractivity contribution in [3.8, 4) is 0 Å². The molecule has 2 aromatic heterocycles. The molecular weight excluding hydrogens is 246 g/mol. The number of rotatable bonds is 4. The normalized spacial score (nSPS) is 10.7. The SMILES string of the molecule is Cc1cccnc1NCCc1cccc2cccnc12. The van der Waals surface area contributed by atoms with E-state index in [1.54, 1.807) is 0 Å². The van der Waals surface area contributed by atoms with Gasteiger partial charge in [-0.05, 0) is 36.6 Å². The zero-order valence-corrected chi connectivity index (χ0v) is 11.5. The van der Waals surface area contributed by atoms with Crippen LogP contribution in [0.15, 0.2) is 54.9 Å². The first-order chi connectivity index (χ1) is 9.84. The van der Waals surface area contributed by atoms with Gasteiger partial charge in [-0.25, -0.2) is 4.98 Å². The van der Waals surface area contributed by atoms with Crippen LogP contribution in [0.25, 0.3) is 10.9 Å². The smallest absolute Gasteiger partial charge is 0.128 e. The number of fused-ring (bicyclic) bond motifs is 1. The van der Waals surface area contributed by atoms with Crippen molar-refractivity contribution in [2.45, 2.75) is 13.3 Å². The van der Waals surface area contributed by atoms with E-state index in [1.165, 1.54) is 16.5 Å². The molecule has 1 N–H and O–H groups in total. The lowest BCUT2D eigenvalue weighted by molar-refractivity contribution is 1.01. The van der Waals surface area contributed by atoms with Crippen LogP contribution >= 0.6 is 0 Å². The van der Waals surface area contributed by atoms with E-state index in [0.717, 1.165) is 24.3 Å². The molecule has 0 atom stereocenters. The third-order valence-electron chi connectivity index (χ3n) is 3.41. The van der Waals surface area contributed by atoms with Crippen molar-refractivity contribution in [1.82, 2.24) is 9.97 Å². The summed E-state index contributed by atoms with van der Waals surface area (Å²) in [7, 11) is 0. The summed E-state index contributed by atoms with van der Waals surface area (Å²) in [5.41, 5.74) is 3.53. The Morgan fingerprint density at radius 3 is 2.65 bits per heavy atom. The lowest BCUT2D eigenvalue weighted by Gasteiger charge is -2.09. The standard InChI is InChI=1S/C17H17N3/c1-13-5-3-11-19-17(13)20-12-9-15-7-2-6-14-8-4-10-18-16(14)15/h2-8,10-11H,9,12H2,1H3,(H,19,20). The van der Waals surface area contributed by atoms with Gasteiger partial charge in [-0.15, -0.1) is 0 Å². The summed E-state index contributed by atoms with van der Waals surface area (Å²) in [5.74, 6) is 0.959. The molecule has 100 valence electrons. The van der Waals surface area contributed by atoms with E-state index in [2.05, 4.69) is 52.5 Å². The first-order valence-electron chi connectivity index (χ1n) is 6.83. The van der Waals surface area contributed by atoms with Crippen LogP contribution in [-0.4, -0.2) is 16.5 Å². The Bertz CT molecular complexity index is 717. The van der Waals surface area contributed by atoms with Gasteiger partial charge >= 0.3 is 0 Å². The highest BCUT2D eigenvalue weighted by molar-refractivity contribution is 5.81. The number of hydrogen-bond acceptors (Lipinski definition) is 3. The third kappa shape index (κ3) is 2.62. The Kier molecular flexibility index (Phi) is 3.59. The highest BCUT2D eigenvalue weighted by Gasteiger charge is 2.02. The second kappa shape index (κ2) is 5.70. The number of nitrogens with one attached hydrogen (secondary N) is 1. The Morgan fingerprint density at radius 1 is 0.950 bits per heavy atom. The predicted molar refractivity (Wildman–Crippen MR) is 82.9 cm³/mol. The Balaban J connectivity index is 1.73. The molecule has 2 heterocycles. The molecule has 0 spiro atoms. The van der Waals surface area contributed by atoms with Crippen LogP contribution in [0.3, 0.4) is 0 Å². The maximum absolute atomic E-state index is 4.48. The monoisotopic (exact) mass is 263 g/mol. The van der Waals surface area contributed by atoms with Crippen molar-refractivity contribution in [2.75, 3.05) is 11.9 Å². The van der Waals surface area contributed by atoms with Crippen LogP contribution in [0.4, 0.5) is 5.82 Å². The number of anilines is 1. The van der Waals surface area contributed by atoms with Crippen LogP contribution < -0.4 is 5.32 Å². The van der Waals surface area contributed by atoms with Crippen molar-refractivity contribution in [3.05, 3.63) is 66.0 Å². The van der Waals surface area contributed by atoms with Crippen LogP contribution in [0.2, 0.25) is 0 Å². The van der Waals surface area contributed by atoms with Gasteiger partial charge < -0.3 is 5.32 Å². The average Bonchev–Trinajstić information content (AvgIpc) is 2.49. The molecule has 0 saturated carbocycles. The molecule has 0 amide bonds. The first-order valence-corrected chi connectivity index (χ1v) is 6.83. The molecule has 0 radical (unpaired) electrons. The fraction of sp³-hybridized carbons (Fsp3) is 0.176. The van der Waals surface area contributed by atoms with E-state index in [9.17, 15) is 0 Å². The highest BCUT2D eigenvalue weighted by atomic mass is 15.0. The van der Waals surface area contributed by atoms with E-state index in [0.29, 0.717) is 0 Å². The van der Waals surface area contributed by atoms with Gasteiger partial charge in [0.2, 0.25) is 0 Å². The van der Waals surface area contributed by atoms with E-state index >= 15 is 0 Å². The van der Waals surface area contributed by atoms with Crippen molar-refractivity contribution in [3.63, 3.8) is 0 Å². The molecule has 0 aliphatic carbocycles. The summed E-state index contributed by atoms with van der Waals surface area (Å²) in [6, 6.07) is 14.4.